The number of aryl methyl sites for hydroxylation is 2. The molecule has 0 aliphatic heterocycles. The summed E-state index contributed by atoms with van der Waals surface area (Å²) in [7, 11) is 0. The van der Waals surface area contributed by atoms with Crippen LogP contribution in [0.2, 0.25) is 5.02 Å². The van der Waals surface area contributed by atoms with Crippen LogP contribution in [-0.2, 0) is 15.3 Å². The molecular weight excluding hydrogens is 371 g/mol. The Morgan fingerprint density at radius 3 is 2.72 bits per heavy atom. The summed E-state index contributed by atoms with van der Waals surface area (Å²) in [5, 5.41) is 15.4. The monoisotopic (exact) mass is 386 g/mol. The minimum atomic E-state index is -1.35. The number of halogens is 2. The zero-order chi connectivity index (χ0) is 18.6. The molecule has 2 rings (SSSR count). The van der Waals surface area contributed by atoms with Gasteiger partial charge in [0.2, 0.25) is 5.91 Å². The molecule has 25 heavy (non-hydrogen) atoms. The van der Waals surface area contributed by atoms with Gasteiger partial charge in [-0.05, 0) is 31.5 Å². The van der Waals surface area contributed by atoms with Crippen LogP contribution in [0, 0.1) is 19.7 Å². The van der Waals surface area contributed by atoms with Crippen LogP contribution in [0.25, 0.3) is 0 Å². The number of aromatic nitrogens is 1. The van der Waals surface area contributed by atoms with E-state index in [1.807, 2.05) is 6.92 Å². The van der Waals surface area contributed by atoms with Gasteiger partial charge in [-0.3, -0.25) is 4.79 Å². The molecule has 0 fully saturated rings. The molecule has 1 heterocycles. The molecule has 0 saturated heterocycles. The van der Waals surface area contributed by atoms with Gasteiger partial charge in [-0.1, -0.05) is 22.8 Å². The van der Waals surface area contributed by atoms with Crippen LogP contribution in [0.3, 0.4) is 0 Å². The van der Waals surface area contributed by atoms with Crippen molar-refractivity contribution < 1.29 is 23.6 Å². The van der Waals surface area contributed by atoms with Crippen molar-refractivity contribution in [2.45, 2.75) is 25.6 Å². The highest BCUT2D eigenvalue weighted by Gasteiger charge is 2.23. The van der Waals surface area contributed by atoms with Crippen LogP contribution < -0.4 is 5.32 Å². The summed E-state index contributed by atoms with van der Waals surface area (Å²) in [6, 6.07) is 2.26. The van der Waals surface area contributed by atoms with E-state index >= 15 is 0 Å². The predicted molar refractivity (Wildman–Crippen MR) is 92.1 cm³/mol. The third-order valence-electron chi connectivity index (χ3n) is 3.49. The molecule has 0 aliphatic rings. The summed E-state index contributed by atoms with van der Waals surface area (Å²) in [5.41, 5.74) is 1.77. The predicted octanol–water partition coefficient (Wildman–Crippen LogP) is 3.26. The number of carbonyl (C=O) groups is 2. The lowest BCUT2D eigenvalue weighted by molar-refractivity contribution is -0.141. The molecule has 6 nitrogen and oxygen atoms in total. The normalized spacial score (nSPS) is 12.0. The van der Waals surface area contributed by atoms with E-state index in [-0.39, 0.29) is 16.3 Å². The highest BCUT2D eigenvalue weighted by Crippen LogP contribution is 2.22. The Balaban J connectivity index is 1.96. The van der Waals surface area contributed by atoms with E-state index in [4.69, 9.17) is 16.1 Å². The minimum absolute atomic E-state index is 0.0455. The maximum atomic E-state index is 13.5. The molecule has 1 aromatic heterocycles. The number of amides is 1. The van der Waals surface area contributed by atoms with Crippen molar-refractivity contribution in [3.63, 3.8) is 0 Å². The second-order valence-corrected chi connectivity index (χ2v) is 6.70. The smallest absolute Gasteiger partial charge is 0.330 e. The lowest BCUT2D eigenvalue weighted by Crippen LogP contribution is -2.35. The Morgan fingerprint density at radius 2 is 2.16 bits per heavy atom. The van der Waals surface area contributed by atoms with Gasteiger partial charge in [0.05, 0.1) is 16.5 Å². The first-order valence-electron chi connectivity index (χ1n) is 7.26. The first-order chi connectivity index (χ1) is 11.8. The van der Waals surface area contributed by atoms with Gasteiger partial charge in [0.25, 0.3) is 0 Å². The number of hydrogen-bond donors (Lipinski definition) is 2. The highest BCUT2D eigenvalue weighted by atomic mass is 35.5. The molecule has 1 unspecified atom stereocenters. The number of hydrogen-bond acceptors (Lipinski definition) is 5. The molecular formula is C16H16ClFN2O4S. The summed E-state index contributed by atoms with van der Waals surface area (Å²) in [6.45, 7) is 3.59. The molecule has 1 atom stereocenters. The van der Waals surface area contributed by atoms with Gasteiger partial charge >= 0.3 is 5.97 Å². The van der Waals surface area contributed by atoms with E-state index in [1.165, 1.54) is 23.9 Å². The molecule has 0 saturated carbocycles. The van der Waals surface area contributed by atoms with Crippen molar-refractivity contribution >= 4 is 35.2 Å². The number of rotatable bonds is 7. The van der Waals surface area contributed by atoms with Crippen molar-refractivity contribution in [3.8, 4) is 0 Å². The van der Waals surface area contributed by atoms with E-state index in [0.29, 0.717) is 11.5 Å². The summed E-state index contributed by atoms with van der Waals surface area (Å²) < 4.78 is 18.6. The Labute approximate surface area is 152 Å². The Morgan fingerprint density at radius 1 is 1.44 bits per heavy atom. The topological polar surface area (TPSA) is 92.4 Å². The second-order valence-electron chi connectivity index (χ2n) is 5.31. The van der Waals surface area contributed by atoms with Crippen molar-refractivity contribution in [2.24, 2.45) is 0 Å². The summed E-state index contributed by atoms with van der Waals surface area (Å²) in [4.78, 5) is 23.4. The van der Waals surface area contributed by atoms with Gasteiger partial charge in [-0.2, -0.15) is 0 Å². The molecule has 134 valence electrons. The number of carboxylic acids is 1. The molecule has 2 aromatic rings. The lowest BCUT2D eigenvalue weighted by atomic mass is 10.1. The van der Waals surface area contributed by atoms with Gasteiger partial charge in [-0.25, -0.2) is 9.18 Å². The second kappa shape index (κ2) is 8.35. The van der Waals surface area contributed by atoms with Gasteiger partial charge in [-0.15, -0.1) is 11.8 Å². The number of carboxylic acid groups (broad SMARTS) is 1. The maximum Gasteiger partial charge on any atom is 0.330 e. The number of thioether (sulfide) groups is 1. The quantitative estimate of drug-likeness (QED) is 0.758. The molecule has 0 spiro atoms. The standard InChI is InChI=1S/C16H16ClFN2O4S/c1-8-11(9(2)24-20-8)6-25-7-14(21)19-15(16(22)23)10-3-4-12(17)13(18)5-10/h3-5,15H,6-7H2,1-2H3,(H,19,21)(H,22,23). The van der Waals surface area contributed by atoms with Gasteiger partial charge < -0.3 is 14.9 Å². The molecule has 2 N–H and O–H groups in total. The van der Waals surface area contributed by atoms with E-state index < -0.39 is 23.7 Å². The van der Waals surface area contributed by atoms with Gasteiger partial charge in [0, 0.05) is 11.3 Å². The zero-order valence-corrected chi connectivity index (χ0v) is 15.1. The van der Waals surface area contributed by atoms with Crippen molar-refractivity contribution in [1.82, 2.24) is 10.5 Å². The largest absolute Gasteiger partial charge is 0.479 e. The third kappa shape index (κ3) is 4.96. The van der Waals surface area contributed by atoms with Crippen LogP contribution in [0.1, 0.15) is 28.6 Å². The van der Waals surface area contributed by atoms with E-state index in [2.05, 4.69) is 10.5 Å². The van der Waals surface area contributed by atoms with E-state index in [9.17, 15) is 19.1 Å². The summed E-state index contributed by atoms with van der Waals surface area (Å²) in [5.74, 6) is -1.26. The highest BCUT2D eigenvalue weighted by molar-refractivity contribution is 7.99. The van der Waals surface area contributed by atoms with E-state index in [1.54, 1.807) is 6.92 Å². The zero-order valence-electron chi connectivity index (χ0n) is 13.5. The molecule has 0 radical (unpaired) electrons. The maximum absolute atomic E-state index is 13.5. The molecule has 1 aromatic carbocycles. The van der Waals surface area contributed by atoms with Crippen molar-refractivity contribution in [1.29, 1.82) is 0 Å². The average Bonchev–Trinajstić information content (AvgIpc) is 2.87. The fourth-order valence-corrected chi connectivity index (χ4v) is 3.24. The average molecular weight is 387 g/mol. The number of nitrogens with zero attached hydrogens (tertiary/aromatic N) is 1. The third-order valence-corrected chi connectivity index (χ3v) is 4.76. The Hall–Kier alpha value is -2.06. The fourth-order valence-electron chi connectivity index (χ4n) is 2.14. The molecule has 0 aliphatic carbocycles. The summed E-state index contributed by atoms with van der Waals surface area (Å²) >= 11 is 6.89. The molecule has 0 bridgehead atoms. The van der Waals surface area contributed by atoms with Crippen LogP contribution in [0.4, 0.5) is 4.39 Å². The van der Waals surface area contributed by atoms with Crippen LogP contribution in [0.5, 0.6) is 0 Å². The number of nitrogens with one attached hydrogen (secondary N) is 1. The number of benzene rings is 1. The Bertz CT molecular complexity index is 777. The number of aliphatic carboxylic acids is 1. The first kappa shape index (κ1) is 19.3. The summed E-state index contributed by atoms with van der Waals surface area (Å²) in [6.07, 6.45) is 0. The van der Waals surface area contributed by atoms with E-state index in [0.717, 1.165) is 17.3 Å². The number of carbonyl (C=O) groups excluding carboxylic acids is 1. The first-order valence-corrected chi connectivity index (χ1v) is 8.79. The SMILES string of the molecule is Cc1noc(C)c1CSCC(=O)NC(C(=O)O)c1ccc(Cl)c(F)c1. The van der Waals surface area contributed by atoms with Gasteiger partial charge in [0.15, 0.2) is 6.04 Å². The lowest BCUT2D eigenvalue weighted by Gasteiger charge is -2.15. The molecule has 1 amide bonds. The van der Waals surface area contributed by atoms with Crippen molar-refractivity contribution in [3.05, 3.63) is 51.6 Å². The fraction of sp³-hybridized carbons (Fsp3) is 0.312. The molecule has 9 heteroatoms. The van der Waals surface area contributed by atoms with Gasteiger partial charge in [0.1, 0.15) is 11.6 Å². The minimum Gasteiger partial charge on any atom is -0.479 e. The Kier molecular flexibility index (Phi) is 6.44. The van der Waals surface area contributed by atoms with Crippen molar-refractivity contribution in [2.75, 3.05) is 5.75 Å². The van der Waals surface area contributed by atoms with Crippen LogP contribution in [0.15, 0.2) is 22.7 Å². The van der Waals surface area contributed by atoms with Crippen LogP contribution in [-0.4, -0.2) is 27.9 Å². The van der Waals surface area contributed by atoms with Crippen LogP contribution >= 0.6 is 23.4 Å².